The average molecular weight is 463 g/mol. The molecule has 0 fully saturated rings. The Balaban J connectivity index is 1.88. The quantitative estimate of drug-likeness (QED) is 0.461. The van der Waals surface area contributed by atoms with E-state index in [-0.39, 0.29) is 16.8 Å². The molecule has 1 heterocycles. The highest BCUT2D eigenvalue weighted by Crippen LogP contribution is 2.44. The lowest BCUT2D eigenvalue weighted by atomic mass is 9.91. The van der Waals surface area contributed by atoms with Gasteiger partial charge in [0.05, 0.1) is 16.6 Å². The lowest BCUT2D eigenvalue weighted by Crippen LogP contribution is -2.47. The first-order valence-electron chi connectivity index (χ1n) is 11.4. The van der Waals surface area contributed by atoms with Crippen molar-refractivity contribution in [2.24, 2.45) is 0 Å². The summed E-state index contributed by atoms with van der Waals surface area (Å²) >= 11 is 0. The lowest BCUT2D eigenvalue weighted by Gasteiger charge is -2.43. The molecule has 5 nitrogen and oxygen atoms in total. The molecule has 0 saturated heterocycles. The standard InChI is InChI=1S/C27H30N2O3S/c1-4-10-27(30)28-21(3)19-26(24-13-8-9-14-25(24)28)29(22-11-6-5-7-12-22)33(31,32)23-17-15-20(2)16-18-23/h5-9,11-18,21,26H,4,10,19H2,1-3H3/t21-,26+/m1/s1. The van der Waals surface area contributed by atoms with Crippen LogP contribution in [0.3, 0.4) is 0 Å². The molecule has 3 aromatic carbocycles. The molecule has 0 unspecified atom stereocenters. The molecule has 1 aliphatic rings. The number of aryl methyl sites for hydroxylation is 1. The molecule has 1 aliphatic heterocycles. The first kappa shape index (κ1) is 23.1. The molecule has 3 aromatic rings. The number of benzene rings is 3. The van der Waals surface area contributed by atoms with Gasteiger partial charge in [-0.1, -0.05) is 61.0 Å². The summed E-state index contributed by atoms with van der Waals surface area (Å²) in [4.78, 5) is 15.1. The average Bonchev–Trinajstić information content (AvgIpc) is 2.80. The molecule has 0 aromatic heterocycles. The van der Waals surface area contributed by atoms with E-state index < -0.39 is 16.1 Å². The molecular weight excluding hydrogens is 432 g/mol. The number of amides is 1. The Morgan fingerprint density at radius 3 is 2.27 bits per heavy atom. The summed E-state index contributed by atoms with van der Waals surface area (Å²) in [5, 5.41) is 0. The van der Waals surface area contributed by atoms with Crippen molar-refractivity contribution in [3.8, 4) is 0 Å². The fourth-order valence-electron chi connectivity index (χ4n) is 4.60. The van der Waals surface area contributed by atoms with Crippen molar-refractivity contribution in [3.05, 3.63) is 90.0 Å². The zero-order valence-electron chi connectivity index (χ0n) is 19.3. The molecule has 0 spiro atoms. The summed E-state index contributed by atoms with van der Waals surface area (Å²) < 4.78 is 29.6. The second-order valence-corrected chi connectivity index (χ2v) is 10.4. The predicted octanol–water partition coefficient (Wildman–Crippen LogP) is 5.86. The smallest absolute Gasteiger partial charge is 0.264 e. The second kappa shape index (κ2) is 9.40. The van der Waals surface area contributed by atoms with Crippen LogP contribution in [0.1, 0.15) is 50.3 Å². The van der Waals surface area contributed by atoms with Crippen LogP contribution in [-0.2, 0) is 14.8 Å². The molecule has 4 rings (SSSR count). The van der Waals surface area contributed by atoms with Crippen LogP contribution < -0.4 is 9.21 Å². The van der Waals surface area contributed by atoms with E-state index in [1.807, 2.05) is 92.4 Å². The van der Waals surface area contributed by atoms with Crippen molar-refractivity contribution in [3.63, 3.8) is 0 Å². The maximum atomic E-state index is 14.0. The summed E-state index contributed by atoms with van der Waals surface area (Å²) in [7, 11) is -3.85. The van der Waals surface area contributed by atoms with Crippen LogP contribution >= 0.6 is 0 Å². The third-order valence-corrected chi connectivity index (χ3v) is 8.02. The Kier molecular flexibility index (Phi) is 6.56. The van der Waals surface area contributed by atoms with E-state index in [0.717, 1.165) is 23.2 Å². The van der Waals surface area contributed by atoms with Gasteiger partial charge >= 0.3 is 0 Å². The summed E-state index contributed by atoms with van der Waals surface area (Å²) in [6, 6.07) is 23.3. The number of sulfonamides is 1. The van der Waals surface area contributed by atoms with Gasteiger partial charge in [-0.2, -0.15) is 0 Å². The lowest BCUT2D eigenvalue weighted by molar-refractivity contribution is -0.119. The zero-order chi connectivity index (χ0) is 23.6. The molecule has 0 aliphatic carbocycles. The Hall–Kier alpha value is -3.12. The van der Waals surface area contributed by atoms with E-state index in [4.69, 9.17) is 0 Å². The second-order valence-electron chi connectivity index (χ2n) is 8.62. The van der Waals surface area contributed by atoms with E-state index >= 15 is 0 Å². The first-order valence-corrected chi connectivity index (χ1v) is 12.9. The maximum Gasteiger partial charge on any atom is 0.264 e. The van der Waals surface area contributed by atoms with E-state index in [1.165, 1.54) is 4.31 Å². The molecule has 1 amide bonds. The topological polar surface area (TPSA) is 57.7 Å². The molecule has 172 valence electrons. The molecule has 33 heavy (non-hydrogen) atoms. The van der Waals surface area contributed by atoms with Gasteiger partial charge in [-0.3, -0.25) is 9.10 Å². The van der Waals surface area contributed by atoms with Gasteiger partial charge in [0.25, 0.3) is 10.0 Å². The van der Waals surface area contributed by atoms with E-state index in [2.05, 4.69) is 0 Å². The minimum Gasteiger partial charge on any atom is -0.309 e. The highest BCUT2D eigenvalue weighted by atomic mass is 32.2. The largest absolute Gasteiger partial charge is 0.309 e. The van der Waals surface area contributed by atoms with Gasteiger partial charge in [0, 0.05) is 18.2 Å². The van der Waals surface area contributed by atoms with Crippen molar-refractivity contribution < 1.29 is 13.2 Å². The number of nitrogens with zero attached hydrogens (tertiary/aromatic N) is 2. The number of hydrogen-bond acceptors (Lipinski definition) is 3. The van der Waals surface area contributed by atoms with Crippen LogP contribution in [0.15, 0.2) is 83.8 Å². The van der Waals surface area contributed by atoms with Gasteiger partial charge in [0.15, 0.2) is 0 Å². The molecule has 0 radical (unpaired) electrons. The number of rotatable bonds is 6. The Morgan fingerprint density at radius 2 is 1.61 bits per heavy atom. The van der Waals surface area contributed by atoms with Crippen molar-refractivity contribution in [1.29, 1.82) is 0 Å². The maximum absolute atomic E-state index is 14.0. The Bertz CT molecular complexity index is 1220. The number of carbonyl (C=O) groups is 1. The van der Waals surface area contributed by atoms with Gasteiger partial charge in [0.1, 0.15) is 0 Å². The highest BCUT2D eigenvalue weighted by molar-refractivity contribution is 7.92. The number of para-hydroxylation sites is 2. The summed E-state index contributed by atoms with van der Waals surface area (Å²) in [5.41, 5.74) is 3.25. The van der Waals surface area contributed by atoms with Gasteiger partial charge in [-0.05, 0) is 62.6 Å². The molecule has 0 bridgehead atoms. The molecule has 6 heteroatoms. The summed E-state index contributed by atoms with van der Waals surface area (Å²) in [6.45, 7) is 5.93. The van der Waals surface area contributed by atoms with Crippen LogP contribution in [0, 0.1) is 6.92 Å². The van der Waals surface area contributed by atoms with Crippen LogP contribution in [0.4, 0.5) is 11.4 Å². The van der Waals surface area contributed by atoms with Crippen molar-refractivity contribution >= 4 is 27.3 Å². The molecule has 0 N–H and O–H groups in total. The predicted molar refractivity (Wildman–Crippen MR) is 133 cm³/mol. The Labute approximate surface area is 196 Å². The van der Waals surface area contributed by atoms with Crippen LogP contribution in [0.25, 0.3) is 0 Å². The zero-order valence-corrected chi connectivity index (χ0v) is 20.1. The van der Waals surface area contributed by atoms with Gasteiger partial charge in [-0.25, -0.2) is 8.42 Å². The molecular formula is C27H30N2O3S. The third kappa shape index (κ3) is 4.40. The Morgan fingerprint density at radius 1 is 0.970 bits per heavy atom. The van der Waals surface area contributed by atoms with Crippen LogP contribution in [0.2, 0.25) is 0 Å². The first-order chi connectivity index (χ1) is 15.8. The number of hydrogen-bond donors (Lipinski definition) is 0. The van der Waals surface area contributed by atoms with Gasteiger partial charge < -0.3 is 4.90 Å². The van der Waals surface area contributed by atoms with Crippen molar-refractivity contribution in [1.82, 2.24) is 0 Å². The van der Waals surface area contributed by atoms with E-state index in [9.17, 15) is 13.2 Å². The number of carbonyl (C=O) groups excluding carboxylic acids is 1. The van der Waals surface area contributed by atoms with Crippen molar-refractivity contribution in [2.45, 2.75) is 57.0 Å². The van der Waals surface area contributed by atoms with Gasteiger partial charge in [0.2, 0.25) is 5.91 Å². The highest BCUT2D eigenvalue weighted by Gasteiger charge is 2.40. The number of fused-ring (bicyclic) bond motifs is 1. The van der Waals surface area contributed by atoms with Gasteiger partial charge in [-0.15, -0.1) is 0 Å². The fourth-order valence-corrected chi connectivity index (χ4v) is 6.24. The SMILES string of the molecule is CCCC(=O)N1c2ccccc2[C@@H](N(c2ccccc2)S(=O)(=O)c2ccc(C)cc2)C[C@H]1C. The number of anilines is 2. The minimum atomic E-state index is -3.85. The summed E-state index contributed by atoms with van der Waals surface area (Å²) in [6.07, 6.45) is 1.74. The van der Waals surface area contributed by atoms with Crippen LogP contribution in [-0.4, -0.2) is 20.4 Å². The normalized spacial score (nSPS) is 18.0. The fraction of sp³-hybridized carbons (Fsp3) is 0.296. The summed E-state index contributed by atoms with van der Waals surface area (Å²) in [5.74, 6) is 0.0727. The third-order valence-electron chi connectivity index (χ3n) is 6.16. The monoisotopic (exact) mass is 462 g/mol. The van der Waals surface area contributed by atoms with Crippen molar-refractivity contribution in [2.75, 3.05) is 9.21 Å². The van der Waals surface area contributed by atoms with E-state index in [0.29, 0.717) is 18.5 Å². The molecule has 2 atom stereocenters. The minimum absolute atomic E-state index is 0.0727. The van der Waals surface area contributed by atoms with Crippen LogP contribution in [0.5, 0.6) is 0 Å². The van der Waals surface area contributed by atoms with E-state index in [1.54, 1.807) is 12.1 Å². The molecule has 0 saturated carbocycles.